The molecular weight excluding hydrogens is 275 g/mol. The topological polar surface area (TPSA) is 59.1 Å². The second-order valence-electron chi connectivity index (χ2n) is 5.08. The van der Waals surface area contributed by atoms with Crippen molar-refractivity contribution in [3.05, 3.63) is 51.2 Å². The minimum atomic E-state index is -0.607. The summed E-state index contributed by atoms with van der Waals surface area (Å²) in [5.41, 5.74) is 7.15. The minimum absolute atomic E-state index is 0.0905. The van der Waals surface area contributed by atoms with Crippen LogP contribution in [0, 0.1) is 19.7 Å². The van der Waals surface area contributed by atoms with E-state index in [-0.39, 0.29) is 19.0 Å². The number of hydrogen-bond acceptors (Lipinski definition) is 4. The van der Waals surface area contributed by atoms with E-state index in [1.807, 2.05) is 13.8 Å². The zero-order valence-corrected chi connectivity index (χ0v) is 12.5. The summed E-state index contributed by atoms with van der Waals surface area (Å²) in [6, 6.07) is 6.17. The molecule has 0 aliphatic heterocycles. The Morgan fingerprint density at radius 2 is 1.95 bits per heavy atom. The summed E-state index contributed by atoms with van der Waals surface area (Å²) in [6.07, 6.45) is 0.560. The van der Waals surface area contributed by atoms with Crippen LogP contribution in [0.25, 0.3) is 0 Å². The Morgan fingerprint density at radius 1 is 1.30 bits per heavy atom. The molecule has 3 N–H and O–H groups in total. The second kappa shape index (κ2) is 5.99. The third kappa shape index (κ3) is 2.90. The Balaban J connectivity index is 2.36. The number of nitrogens with zero attached hydrogens (tertiary/aromatic N) is 1. The highest BCUT2D eigenvalue weighted by atomic mass is 32.1. The van der Waals surface area contributed by atoms with Gasteiger partial charge in [0, 0.05) is 23.3 Å². The molecule has 2 rings (SSSR count). The Hall–Kier alpha value is -1.30. The molecular formula is C15H19FN2OS. The van der Waals surface area contributed by atoms with E-state index in [0.717, 1.165) is 16.3 Å². The molecule has 0 bridgehead atoms. The van der Waals surface area contributed by atoms with Gasteiger partial charge in [0.1, 0.15) is 5.82 Å². The molecule has 0 amide bonds. The van der Waals surface area contributed by atoms with Crippen molar-refractivity contribution in [1.29, 1.82) is 0 Å². The lowest BCUT2D eigenvalue weighted by Crippen LogP contribution is -2.41. The molecule has 0 aliphatic rings. The molecule has 0 saturated heterocycles. The molecule has 3 nitrogen and oxygen atoms in total. The first-order chi connectivity index (χ1) is 9.50. The number of hydrogen-bond donors (Lipinski definition) is 2. The highest BCUT2D eigenvalue weighted by Crippen LogP contribution is 2.30. The van der Waals surface area contributed by atoms with Crippen LogP contribution < -0.4 is 5.73 Å². The Kier molecular flexibility index (Phi) is 4.52. The minimum Gasteiger partial charge on any atom is -0.395 e. The number of aryl methyl sites for hydroxylation is 2. The van der Waals surface area contributed by atoms with Crippen LogP contribution in [0.1, 0.15) is 21.1 Å². The van der Waals surface area contributed by atoms with Crippen molar-refractivity contribution in [3.63, 3.8) is 0 Å². The van der Waals surface area contributed by atoms with Gasteiger partial charge in [0.25, 0.3) is 0 Å². The third-order valence-electron chi connectivity index (χ3n) is 3.71. The van der Waals surface area contributed by atoms with Gasteiger partial charge in [-0.15, -0.1) is 11.3 Å². The van der Waals surface area contributed by atoms with Gasteiger partial charge < -0.3 is 10.8 Å². The van der Waals surface area contributed by atoms with Gasteiger partial charge in [-0.2, -0.15) is 0 Å². The molecule has 2 aromatic rings. The number of aromatic nitrogens is 1. The SMILES string of the molecule is Cc1nc(CC(CN)(CO)c2ccc(F)cc2)sc1C. The van der Waals surface area contributed by atoms with Crippen molar-refractivity contribution in [1.82, 2.24) is 4.98 Å². The number of aliphatic hydroxyl groups excluding tert-OH is 1. The number of thiazole rings is 1. The van der Waals surface area contributed by atoms with E-state index < -0.39 is 5.41 Å². The van der Waals surface area contributed by atoms with Crippen LogP contribution in [0.3, 0.4) is 0 Å². The van der Waals surface area contributed by atoms with Crippen LogP contribution in [-0.4, -0.2) is 23.2 Å². The lowest BCUT2D eigenvalue weighted by Gasteiger charge is -2.30. The normalized spacial score (nSPS) is 14.2. The first kappa shape index (κ1) is 15.1. The molecule has 5 heteroatoms. The first-order valence-corrected chi connectivity index (χ1v) is 7.32. The summed E-state index contributed by atoms with van der Waals surface area (Å²) in [6.45, 7) is 4.19. The van der Waals surface area contributed by atoms with E-state index in [1.165, 1.54) is 17.0 Å². The predicted molar refractivity (Wildman–Crippen MR) is 79.5 cm³/mol. The molecule has 0 spiro atoms. The number of halogens is 1. The molecule has 0 fully saturated rings. The summed E-state index contributed by atoms with van der Waals surface area (Å²) >= 11 is 1.62. The van der Waals surface area contributed by atoms with Crippen molar-refractivity contribution in [2.45, 2.75) is 25.7 Å². The predicted octanol–water partition coefficient (Wildman–Crippen LogP) is 2.33. The molecule has 1 heterocycles. The van der Waals surface area contributed by atoms with Crippen molar-refractivity contribution in [2.24, 2.45) is 5.73 Å². The molecule has 1 unspecified atom stereocenters. The lowest BCUT2D eigenvalue weighted by atomic mass is 9.78. The van der Waals surface area contributed by atoms with E-state index >= 15 is 0 Å². The monoisotopic (exact) mass is 294 g/mol. The first-order valence-electron chi connectivity index (χ1n) is 6.50. The summed E-state index contributed by atoms with van der Waals surface area (Å²) in [5, 5.41) is 10.8. The zero-order valence-electron chi connectivity index (χ0n) is 11.7. The molecule has 0 radical (unpaired) electrons. The Bertz CT molecular complexity index is 557. The van der Waals surface area contributed by atoms with Crippen molar-refractivity contribution >= 4 is 11.3 Å². The molecule has 1 atom stereocenters. The summed E-state index contributed by atoms with van der Waals surface area (Å²) < 4.78 is 13.1. The summed E-state index contributed by atoms with van der Waals surface area (Å²) in [7, 11) is 0. The third-order valence-corrected chi connectivity index (χ3v) is 4.79. The molecule has 1 aromatic carbocycles. The smallest absolute Gasteiger partial charge is 0.123 e. The van der Waals surface area contributed by atoms with Crippen molar-refractivity contribution in [3.8, 4) is 0 Å². The zero-order chi connectivity index (χ0) is 14.8. The largest absolute Gasteiger partial charge is 0.395 e. The fraction of sp³-hybridized carbons (Fsp3) is 0.400. The van der Waals surface area contributed by atoms with Crippen molar-refractivity contribution < 1.29 is 9.50 Å². The van der Waals surface area contributed by atoms with Crippen LogP contribution in [0.5, 0.6) is 0 Å². The molecule has 108 valence electrons. The maximum Gasteiger partial charge on any atom is 0.123 e. The average molecular weight is 294 g/mol. The van der Waals surface area contributed by atoms with Gasteiger partial charge in [-0.3, -0.25) is 0 Å². The van der Waals surface area contributed by atoms with Gasteiger partial charge in [-0.1, -0.05) is 12.1 Å². The highest BCUT2D eigenvalue weighted by molar-refractivity contribution is 7.11. The van der Waals surface area contributed by atoms with E-state index in [0.29, 0.717) is 6.42 Å². The van der Waals surface area contributed by atoms with E-state index in [4.69, 9.17) is 5.73 Å². The maximum absolute atomic E-state index is 13.1. The summed E-state index contributed by atoms with van der Waals surface area (Å²) in [5.74, 6) is -0.293. The molecule has 1 aromatic heterocycles. The number of nitrogens with two attached hydrogens (primary N) is 1. The van der Waals surface area contributed by atoms with Gasteiger partial charge in [0.15, 0.2) is 0 Å². The van der Waals surface area contributed by atoms with Crippen LogP contribution >= 0.6 is 11.3 Å². The van der Waals surface area contributed by atoms with E-state index in [1.54, 1.807) is 23.5 Å². The van der Waals surface area contributed by atoms with Crippen LogP contribution in [0.2, 0.25) is 0 Å². The van der Waals surface area contributed by atoms with Crippen LogP contribution in [0.15, 0.2) is 24.3 Å². The molecule has 0 aliphatic carbocycles. The average Bonchev–Trinajstić information content (AvgIpc) is 2.76. The van der Waals surface area contributed by atoms with E-state index in [9.17, 15) is 9.50 Å². The lowest BCUT2D eigenvalue weighted by molar-refractivity contribution is 0.196. The van der Waals surface area contributed by atoms with Crippen LogP contribution in [-0.2, 0) is 11.8 Å². The maximum atomic E-state index is 13.1. The second-order valence-corrected chi connectivity index (χ2v) is 6.36. The number of aliphatic hydroxyl groups is 1. The van der Waals surface area contributed by atoms with Crippen molar-refractivity contribution in [2.75, 3.05) is 13.2 Å². The number of benzene rings is 1. The fourth-order valence-electron chi connectivity index (χ4n) is 2.21. The molecule has 0 saturated carbocycles. The van der Waals surface area contributed by atoms with E-state index in [2.05, 4.69) is 4.98 Å². The Morgan fingerprint density at radius 3 is 2.40 bits per heavy atom. The molecule has 20 heavy (non-hydrogen) atoms. The van der Waals surface area contributed by atoms with Gasteiger partial charge in [-0.25, -0.2) is 9.37 Å². The fourth-order valence-corrected chi connectivity index (χ4v) is 3.29. The Labute approximate surface area is 122 Å². The highest BCUT2D eigenvalue weighted by Gasteiger charge is 2.32. The van der Waals surface area contributed by atoms with Gasteiger partial charge in [0.2, 0.25) is 0 Å². The standard InChI is InChI=1S/C15H19FN2OS/c1-10-11(2)20-14(18-10)7-15(8-17,9-19)12-3-5-13(16)6-4-12/h3-6,19H,7-9,17H2,1-2H3. The summed E-state index contributed by atoms with van der Waals surface area (Å²) in [4.78, 5) is 5.68. The van der Waals surface area contributed by atoms with Gasteiger partial charge in [0.05, 0.1) is 17.3 Å². The van der Waals surface area contributed by atoms with Gasteiger partial charge >= 0.3 is 0 Å². The van der Waals surface area contributed by atoms with Crippen LogP contribution in [0.4, 0.5) is 4.39 Å². The van der Waals surface area contributed by atoms with Gasteiger partial charge in [-0.05, 0) is 31.5 Å². The quantitative estimate of drug-likeness (QED) is 0.890. The number of rotatable bonds is 5.